The summed E-state index contributed by atoms with van der Waals surface area (Å²) in [5.74, 6) is 0.234. The number of nitrogens with zero attached hydrogens (tertiary/aromatic N) is 2. The molecule has 0 aliphatic carbocycles. The number of aromatic nitrogens is 2. The molecule has 2 aromatic heterocycles. The molecule has 3 heterocycles. The van der Waals surface area contributed by atoms with Crippen molar-refractivity contribution >= 4 is 21.6 Å². The van der Waals surface area contributed by atoms with Gasteiger partial charge in [0.2, 0.25) is 0 Å². The number of carbonyl (C=O) groups is 1. The molecule has 1 saturated heterocycles. The summed E-state index contributed by atoms with van der Waals surface area (Å²) in [6.07, 6.45) is 1.42. The van der Waals surface area contributed by atoms with Gasteiger partial charge in [0.1, 0.15) is 16.3 Å². The number of aryl methyl sites for hydroxylation is 3. The third-order valence-corrected chi connectivity index (χ3v) is 6.68. The molecule has 0 saturated carbocycles. The smallest absolute Gasteiger partial charge is 0.265 e. The zero-order valence-corrected chi connectivity index (χ0v) is 18.4. The van der Waals surface area contributed by atoms with Crippen LogP contribution in [0.2, 0.25) is 0 Å². The second-order valence-corrected chi connectivity index (χ2v) is 9.17. The number of benzene rings is 1. The summed E-state index contributed by atoms with van der Waals surface area (Å²) in [5.41, 5.74) is 3.02. The van der Waals surface area contributed by atoms with Crippen molar-refractivity contribution in [2.75, 3.05) is 31.0 Å². The fraction of sp³-hybridized carbons (Fsp3) is 0.333. The van der Waals surface area contributed by atoms with Gasteiger partial charge in [-0.15, -0.1) is 0 Å². The maximum absolute atomic E-state index is 13.0. The fourth-order valence-corrected chi connectivity index (χ4v) is 4.87. The highest BCUT2D eigenvalue weighted by atomic mass is 32.2. The largest absolute Gasteiger partial charge is 0.458 e. The lowest BCUT2D eigenvalue weighted by Gasteiger charge is -2.26. The second-order valence-electron chi connectivity index (χ2n) is 7.52. The van der Waals surface area contributed by atoms with E-state index in [9.17, 15) is 13.2 Å². The van der Waals surface area contributed by atoms with E-state index in [2.05, 4.69) is 14.9 Å². The molecule has 0 bridgehead atoms. The number of anilines is 1. The van der Waals surface area contributed by atoms with Crippen LogP contribution in [0, 0.1) is 20.8 Å². The summed E-state index contributed by atoms with van der Waals surface area (Å²) >= 11 is 0. The average molecular weight is 445 g/mol. The number of sulfonamides is 1. The molecule has 4 rings (SSSR count). The maximum atomic E-state index is 13.0. The Morgan fingerprint density at radius 3 is 2.61 bits per heavy atom. The molecule has 1 aliphatic heterocycles. The van der Waals surface area contributed by atoms with Gasteiger partial charge in [-0.05, 0) is 32.4 Å². The molecule has 1 aromatic carbocycles. The number of hydrogen-bond donors (Lipinski definition) is 2. The lowest BCUT2D eigenvalue weighted by atomic mass is 10.1. The minimum absolute atomic E-state index is 0.00171. The van der Waals surface area contributed by atoms with Gasteiger partial charge in [0.25, 0.3) is 15.9 Å². The topological polar surface area (TPSA) is 118 Å². The lowest BCUT2D eigenvalue weighted by Crippen LogP contribution is -2.40. The van der Waals surface area contributed by atoms with Crippen molar-refractivity contribution < 1.29 is 22.4 Å². The van der Waals surface area contributed by atoms with Gasteiger partial charge in [-0.3, -0.25) is 14.6 Å². The molecule has 0 unspecified atom stereocenters. The Hall–Kier alpha value is -3.11. The van der Waals surface area contributed by atoms with Crippen molar-refractivity contribution in [3.05, 3.63) is 52.9 Å². The zero-order valence-electron chi connectivity index (χ0n) is 17.6. The van der Waals surface area contributed by atoms with E-state index in [1.54, 1.807) is 17.9 Å². The SMILES string of the molecule is Cc1ccc(NS(=O)(=O)c2cc(-c3[nH]ncc3C(=O)N3CCOCC3)oc2C)c(C)c1. The molecule has 10 heteroatoms. The Kier molecular flexibility index (Phi) is 5.59. The van der Waals surface area contributed by atoms with Gasteiger partial charge in [-0.2, -0.15) is 5.10 Å². The molecule has 0 spiro atoms. The van der Waals surface area contributed by atoms with Crippen LogP contribution in [-0.4, -0.2) is 55.7 Å². The summed E-state index contributed by atoms with van der Waals surface area (Å²) in [6, 6.07) is 6.88. The van der Waals surface area contributed by atoms with E-state index in [0.717, 1.165) is 11.1 Å². The molecule has 1 amide bonds. The van der Waals surface area contributed by atoms with Crippen LogP contribution in [0.3, 0.4) is 0 Å². The number of hydrogen-bond acceptors (Lipinski definition) is 6. The Morgan fingerprint density at radius 2 is 1.90 bits per heavy atom. The minimum Gasteiger partial charge on any atom is -0.458 e. The van der Waals surface area contributed by atoms with Crippen LogP contribution in [0.5, 0.6) is 0 Å². The van der Waals surface area contributed by atoms with E-state index >= 15 is 0 Å². The van der Waals surface area contributed by atoms with Gasteiger partial charge in [0.05, 0.1) is 30.7 Å². The molecule has 1 aliphatic rings. The first-order valence-corrected chi connectivity index (χ1v) is 11.4. The first kappa shape index (κ1) is 21.1. The Bertz CT molecular complexity index is 1220. The number of ether oxygens (including phenoxy) is 1. The molecule has 2 N–H and O–H groups in total. The predicted octanol–water partition coefficient (Wildman–Crippen LogP) is 2.87. The van der Waals surface area contributed by atoms with Crippen molar-refractivity contribution in [2.24, 2.45) is 0 Å². The van der Waals surface area contributed by atoms with Gasteiger partial charge in [-0.1, -0.05) is 17.7 Å². The standard InChI is InChI=1S/C21H24N4O5S/c1-13-4-5-17(14(2)10-13)24-31(27,28)19-11-18(30-15(19)3)20-16(12-22-23-20)21(26)25-6-8-29-9-7-25/h4-5,10-12,24H,6-9H2,1-3H3,(H,22,23). The molecule has 0 atom stereocenters. The van der Waals surface area contributed by atoms with E-state index in [4.69, 9.17) is 9.15 Å². The highest BCUT2D eigenvalue weighted by molar-refractivity contribution is 7.92. The average Bonchev–Trinajstić information content (AvgIpc) is 3.37. The summed E-state index contributed by atoms with van der Waals surface area (Å²) in [5, 5.41) is 6.74. The number of nitrogens with one attached hydrogen (secondary N) is 2. The van der Waals surface area contributed by atoms with Crippen molar-refractivity contribution in [1.29, 1.82) is 0 Å². The van der Waals surface area contributed by atoms with E-state index in [1.165, 1.54) is 12.3 Å². The van der Waals surface area contributed by atoms with Crippen LogP contribution in [0.1, 0.15) is 27.2 Å². The van der Waals surface area contributed by atoms with Crippen LogP contribution in [0.25, 0.3) is 11.5 Å². The minimum atomic E-state index is -3.89. The van der Waals surface area contributed by atoms with Crippen molar-refractivity contribution in [3.8, 4) is 11.5 Å². The fourth-order valence-electron chi connectivity index (χ4n) is 3.56. The third-order valence-electron chi connectivity index (χ3n) is 5.20. The Balaban J connectivity index is 1.64. The molecule has 1 fully saturated rings. The number of amides is 1. The van der Waals surface area contributed by atoms with Gasteiger partial charge in [0, 0.05) is 19.2 Å². The van der Waals surface area contributed by atoms with Crippen molar-refractivity contribution in [1.82, 2.24) is 15.1 Å². The van der Waals surface area contributed by atoms with Gasteiger partial charge in [-0.25, -0.2) is 8.42 Å². The van der Waals surface area contributed by atoms with E-state index in [0.29, 0.717) is 43.2 Å². The molecule has 31 heavy (non-hydrogen) atoms. The van der Waals surface area contributed by atoms with Crippen LogP contribution in [-0.2, 0) is 14.8 Å². The quantitative estimate of drug-likeness (QED) is 0.625. The number of carbonyl (C=O) groups excluding carboxylic acids is 1. The molecule has 0 radical (unpaired) electrons. The summed E-state index contributed by atoms with van der Waals surface area (Å²) in [7, 11) is -3.89. The normalized spacial score (nSPS) is 14.6. The van der Waals surface area contributed by atoms with E-state index in [-0.39, 0.29) is 22.3 Å². The highest BCUT2D eigenvalue weighted by Gasteiger charge is 2.28. The molecular weight excluding hydrogens is 420 g/mol. The zero-order chi connectivity index (χ0) is 22.2. The second kappa shape index (κ2) is 8.20. The molecular formula is C21H24N4O5S. The van der Waals surface area contributed by atoms with Crippen LogP contribution < -0.4 is 4.72 Å². The Labute approximate surface area is 180 Å². The summed E-state index contributed by atoms with van der Waals surface area (Å²) in [6.45, 7) is 7.28. The lowest BCUT2D eigenvalue weighted by molar-refractivity contribution is 0.0303. The number of rotatable bonds is 5. The Morgan fingerprint density at radius 1 is 1.16 bits per heavy atom. The molecule has 3 aromatic rings. The summed E-state index contributed by atoms with van der Waals surface area (Å²) < 4.78 is 39.7. The van der Waals surface area contributed by atoms with Crippen molar-refractivity contribution in [3.63, 3.8) is 0 Å². The van der Waals surface area contributed by atoms with Gasteiger partial charge in [0.15, 0.2) is 5.76 Å². The van der Waals surface area contributed by atoms with Crippen LogP contribution >= 0.6 is 0 Å². The summed E-state index contributed by atoms with van der Waals surface area (Å²) in [4.78, 5) is 14.6. The van der Waals surface area contributed by atoms with Crippen LogP contribution in [0.4, 0.5) is 5.69 Å². The van der Waals surface area contributed by atoms with Gasteiger partial charge < -0.3 is 14.1 Å². The van der Waals surface area contributed by atoms with E-state index in [1.807, 2.05) is 26.0 Å². The van der Waals surface area contributed by atoms with Crippen LogP contribution in [0.15, 0.2) is 39.8 Å². The number of aromatic amines is 1. The number of furan rings is 1. The third kappa shape index (κ3) is 4.21. The van der Waals surface area contributed by atoms with E-state index < -0.39 is 10.0 Å². The maximum Gasteiger partial charge on any atom is 0.265 e. The number of H-pyrrole nitrogens is 1. The first-order chi connectivity index (χ1) is 14.8. The number of morpholine rings is 1. The first-order valence-electron chi connectivity index (χ1n) is 9.87. The molecule has 164 valence electrons. The monoisotopic (exact) mass is 444 g/mol. The predicted molar refractivity (Wildman–Crippen MR) is 114 cm³/mol. The van der Waals surface area contributed by atoms with Gasteiger partial charge >= 0.3 is 0 Å². The van der Waals surface area contributed by atoms with Crippen molar-refractivity contribution in [2.45, 2.75) is 25.7 Å². The molecule has 9 nitrogen and oxygen atoms in total. The highest BCUT2D eigenvalue weighted by Crippen LogP contribution is 2.31.